The number of hydrogen-bond acceptors (Lipinski definition) is 4. The van der Waals surface area contributed by atoms with Crippen LogP contribution in [-0.4, -0.2) is 34.3 Å². The molecule has 1 heterocycles. The molecule has 0 spiro atoms. The molecular weight excluding hydrogens is 330 g/mol. The highest BCUT2D eigenvalue weighted by Crippen LogP contribution is 2.26. The van der Waals surface area contributed by atoms with Crippen molar-refractivity contribution in [2.75, 3.05) is 6.54 Å². The molecule has 1 aliphatic heterocycles. The van der Waals surface area contributed by atoms with E-state index in [2.05, 4.69) is 0 Å². The Hall–Kier alpha value is -3.08. The number of benzene rings is 2. The van der Waals surface area contributed by atoms with E-state index >= 15 is 0 Å². The van der Waals surface area contributed by atoms with E-state index in [0.29, 0.717) is 17.9 Å². The third-order valence-electron chi connectivity index (χ3n) is 4.30. The first-order valence-electron chi connectivity index (χ1n) is 8.52. The van der Waals surface area contributed by atoms with Gasteiger partial charge in [0.25, 0.3) is 5.91 Å². The molecule has 2 aromatic rings. The Morgan fingerprint density at radius 2 is 1.73 bits per heavy atom. The van der Waals surface area contributed by atoms with E-state index in [-0.39, 0.29) is 29.7 Å². The molecule has 0 aliphatic carbocycles. The molecule has 26 heavy (non-hydrogen) atoms. The lowest BCUT2D eigenvalue weighted by Gasteiger charge is -2.18. The van der Waals surface area contributed by atoms with Crippen LogP contribution in [0.5, 0.6) is 5.75 Å². The third kappa shape index (κ3) is 3.61. The highest BCUT2D eigenvalue weighted by Gasteiger charge is 2.37. The van der Waals surface area contributed by atoms with Crippen LogP contribution in [0.25, 0.3) is 5.76 Å². The van der Waals surface area contributed by atoms with E-state index < -0.39 is 5.91 Å². The number of likely N-dealkylation sites (tertiary alicyclic amines) is 1. The number of carbonyl (C=O) groups is 2. The van der Waals surface area contributed by atoms with Crippen molar-refractivity contribution in [2.24, 2.45) is 0 Å². The van der Waals surface area contributed by atoms with E-state index in [9.17, 15) is 14.7 Å². The number of aliphatic hydroxyl groups excluding tert-OH is 1. The van der Waals surface area contributed by atoms with Crippen LogP contribution in [0.4, 0.5) is 0 Å². The van der Waals surface area contributed by atoms with Crippen molar-refractivity contribution >= 4 is 17.4 Å². The minimum absolute atomic E-state index is 0.00810. The Kier molecular flexibility index (Phi) is 5.07. The van der Waals surface area contributed by atoms with Crippen molar-refractivity contribution in [2.45, 2.75) is 26.5 Å². The van der Waals surface area contributed by atoms with Crippen molar-refractivity contribution in [3.63, 3.8) is 0 Å². The van der Waals surface area contributed by atoms with Gasteiger partial charge in [0.1, 0.15) is 23.7 Å². The summed E-state index contributed by atoms with van der Waals surface area (Å²) in [7, 11) is 0. The number of rotatable bonds is 5. The smallest absolute Gasteiger partial charge is 0.262 e. The summed E-state index contributed by atoms with van der Waals surface area (Å²) in [5.41, 5.74) is 1.33. The van der Waals surface area contributed by atoms with Gasteiger partial charge in [-0.15, -0.1) is 0 Å². The predicted molar refractivity (Wildman–Crippen MR) is 98.6 cm³/mol. The first-order chi connectivity index (χ1) is 12.5. The Morgan fingerprint density at radius 1 is 1.08 bits per heavy atom. The lowest BCUT2D eigenvalue weighted by Crippen LogP contribution is -2.32. The summed E-state index contributed by atoms with van der Waals surface area (Å²) in [5.74, 6) is -0.418. The largest absolute Gasteiger partial charge is 0.506 e. The summed E-state index contributed by atoms with van der Waals surface area (Å²) in [6.07, 6.45) is 0. The Morgan fingerprint density at radius 3 is 2.31 bits per heavy atom. The van der Waals surface area contributed by atoms with Gasteiger partial charge >= 0.3 is 0 Å². The zero-order chi connectivity index (χ0) is 18.7. The van der Waals surface area contributed by atoms with E-state index in [4.69, 9.17) is 4.74 Å². The van der Waals surface area contributed by atoms with Crippen molar-refractivity contribution in [3.05, 3.63) is 71.3 Å². The molecular formula is C21H21NO4. The average Bonchev–Trinajstić information content (AvgIpc) is 2.95. The minimum Gasteiger partial charge on any atom is -0.506 e. The van der Waals surface area contributed by atoms with Gasteiger partial charge in [0.2, 0.25) is 0 Å². The van der Waals surface area contributed by atoms with Gasteiger partial charge in [0.05, 0.1) is 6.54 Å². The monoisotopic (exact) mass is 351 g/mol. The van der Waals surface area contributed by atoms with E-state index in [1.165, 1.54) is 4.90 Å². The number of hydrogen-bond donors (Lipinski definition) is 1. The fourth-order valence-electron chi connectivity index (χ4n) is 2.81. The lowest BCUT2D eigenvalue weighted by molar-refractivity contribution is -0.126. The summed E-state index contributed by atoms with van der Waals surface area (Å²) >= 11 is 0. The van der Waals surface area contributed by atoms with Gasteiger partial charge in [-0.1, -0.05) is 30.3 Å². The molecule has 0 unspecified atom stereocenters. The van der Waals surface area contributed by atoms with Crippen LogP contribution < -0.4 is 4.74 Å². The number of amides is 1. The maximum atomic E-state index is 12.4. The van der Waals surface area contributed by atoms with Crippen LogP contribution in [0, 0.1) is 0 Å². The maximum Gasteiger partial charge on any atom is 0.262 e. The standard InChI is InChI=1S/C21H21NO4/c1-14(2)22-12-18(23)19(21(22)25)20(24)16-8-10-17(11-9-16)26-13-15-6-4-3-5-7-15/h3-11,14,24H,12-13H2,1-2H3/b20-19-. The molecule has 1 fully saturated rings. The van der Waals surface area contributed by atoms with Crippen LogP contribution in [-0.2, 0) is 16.2 Å². The highest BCUT2D eigenvalue weighted by atomic mass is 16.5. The molecule has 0 aromatic heterocycles. The van der Waals surface area contributed by atoms with Crippen molar-refractivity contribution < 1.29 is 19.4 Å². The quantitative estimate of drug-likeness (QED) is 0.510. The lowest BCUT2D eigenvalue weighted by atomic mass is 10.1. The van der Waals surface area contributed by atoms with Crippen LogP contribution in [0.2, 0.25) is 0 Å². The molecule has 0 saturated carbocycles. The van der Waals surface area contributed by atoms with Crippen molar-refractivity contribution in [1.29, 1.82) is 0 Å². The molecule has 2 aromatic carbocycles. The number of ether oxygens (including phenoxy) is 1. The molecule has 1 aliphatic rings. The topological polar surface area (TPSA) is 66.8 Å². The van der Waals surface area contributed by atoms with Crippen molar-refractivity contribution in [1.82, 2.24) is 4.90 Å². The molecule has 1 saturated heterocycles. The number of carbonyl (C=O) groups excluding carboxylic acids is 2. The van der Waals surface area contributed by atoms with Gasteiger partial charge < -0.3 is 14.7 Å². The first-order valence-corrected chi connectivity index (χ1v) is 8.52. The molecule has 1 amide bonds. The third-order valence-corrected chi connectivity index (χ3v) is 4.30. The summed E-state index contributed by atoms with van der Waals surface area (Å²) in [5, 5.41) is 10.4. The van der Waals surface area contributed by atoms with Gasteiger partial charge in [0.15, 0.2) is 5.78 Å². The Bertz CT molecular complexity index is 838. The van der Waals surface area contributed by atoms with Gasteiger partial charge in [-0.2, -0.15) is 0 Å². The van der Waals surface area contributed by atoms with Gasteiger partial charge in [-0.05, 0) is 43.7 Å². The van der Waals surface area contributed by atoms with E-state index in [1.807, 2.05) is 44.2 Å². The second kappa shape index (κ2) is 7.44. The molecule has 0 bridgehead atoms. The number of ketones is 1. The first kappa shape index (κ1) is 17.7. The van der Waals surface area contributed by atoms with Gasteiger partial charge in [-0.3, -0.25) is 9.59 Å². The Balaban J connectivity index is 1.75. The van der Waals surface area contributed by atoms with Crippen molar-refractivity contribution in [3.8, 4) is 5.75 Å². The normalized spacial score (nSPS) is 16.3. The van der Waals surface area contributed by atoms with Crippen LogP contribution in [0.1, 0.15) is 25.0 Å². The molecule has 5 nitrogen and oxygen atoms in total. The fourth-order valence-corrected chi connectivity index (χ4v) is 2.81. The summed E-state index contributed by atoms with van der Waals surface area (Å²) in [4.78, 5) is 25.9. The maximum absolute atomic E-state index is 12.4. The van der Waals surface area contributed by atoms with E-state index in [1.54, 1.807) is 24.3 Å². The average molecular weight is 351 g/mol. The number of aliphatic hydroxyl groups is 1. The SMILES string of the molecule is CC(C)N1CC(=O)/C(=C(/O)c2ccc(OCc3ccccc3)cc2)C1=O. The molecule has 0 radical (unpaired) electrons. The summed E-state index contributed by atoms with van der Waals surface area (Å²) in [6.45, 7) is 4.12. The highest BCUT2D eigenvalue weighted by molar-refractivity contribution is 6.28. The molecule has 134 valence electrons. The summed E-state index contributed by atoms with van der Waals surface area (Å²) < 4.78 is 5.70. The molecule has 0 atom stereocenters. The fraction of sp³-hybridized carbons (Fsp3) is 0.238. The molecule has 3 rings (SSSR count). The zero-order valence-corrected chi connectivity index (χ0v) is 14.8. The number of nitrogens with zero attached hydrogens (tertiary/aromatic N) is 1. The van der Waals surface area contributed by atoms with Gasteiger partial charge in [-0.25, -0.2) is 0 Å². The second-order valence-corrected chi connectivity index (χ2v) is 6.47. The van der Waals surface area contributed by atoms with Gasteiger partial charge in [0, 0.05) is 11.6 Å². The molecule has 1 N–H and O–H groups in total. The minimum atomic E-state index is -0.424. The second-order valence-electron chi connectivity index (χ2n) is 6.47. The summed E-state index contributed by atoms with van der Waals surface area (Å²) in [6, 6.07) is 16.4. The van der Waals surface area contributed by atoms with Crippen LogP contribution >= 0.6 is 0 Å². The van der Waals surface area contributed by atoms with Crippen LogP contribution in [0.3, 0.4) is 0 Å². The Labute approximate surface area is 152 Å². The zero-order valence-electron chi connectivity index (χ0n) is 14.8. The van der Waals surface area contributed by atoms with E-state index in [0.717, 1.165) is 5.56 Å². The number of Topliss-reactive ketones (excluding diaryl/α,β-unsaturated/α-hetero) is 1. The van der Waals surface area contributed by atoms with Crippen LogP contribution in [0.15, 0.2) is 60.2 Å². The molecule has 5 heteroatoms. The predicted octanol–water partition coefficient (Wildman–Crippen LogP) is 3.35.